The van der Waals surface area contributed by atoms with Crippen molar-refractivity contribution in [2.75, 3.05) is 13.1 Å². The van der Waals surface area contributed by atoms with Gasteiger partial charge in [-0.15, -0.1) is 0 Å². The lowest BCUT2D eigenvalue weighted by Gasteiger charge is -2.44. The zero-order valence-corrected chi connectivity index (χ0v) is 20.7. The van der Waals surface area contributed by atoms with Gasteiger partial charge in [-0.1, -0.05) is 6.07 Å². The van der Waals surface area contributed by atoms with Gasteiger partial charge in [0.25, 0.3) is 17.7 Å². The maximum absolute atomic E-state index is 13.4. The van der Waals surface area contributed by atoms with Crippen molar-refractivity contribution in [1.29, 1.82) is 0 Å². The summed E-state index contributed by atoms with van der Waals surface area (Å²) in [4.78, 5) is 54.9. The Morgan fingerprint density at radius 1 is 0.946 bits per heavy atom. The van der Waals surface area contributed by atoms with Gasteiger partial charge in [0, 0.05) is 31.5 Å². The number of fused-ring (bicyclic) bond motifs is 2. The number of piperidine rings is 1. The molecule has 3 aliphatic rings. The summed E-state index contributed by atoms with van der Waals surface area (Å²) in [6.45, 7) is 4.87. The predicted molar refractivity (Wildman–Crippen MR) is 133 cm³/mol. The highest BCUT2D eigenvalue weighted by molar-refractivity contribution is 6.22. The van der Waals surface area contributed by atoms with E-state index < -0.39 is 17.4 Å². The summed E-state index contributed by atoms with van der Waals surface area (Å²) in [5.74, 6) is 0.186. The number of rotatable bonds is 3. The van der Waals surface area contributed by atoms with E-state index >= 15 is 0 Å². The number of Topliss-reactive ketones (excluding diaryl/α,β-unsaturated/α-hetero) is 1. The Morgan fingerprint density at radius 2 is 1.68 bits per heavy atom. The van der Waals surface area contributed by atoms with Crippen LogP contribution in [0.5, 0.6) is 5.75 Å². The number of likely N-dealkylation sites (tertiary alicyclic amines) is 1. The second kappa shape index (κ2) is 8.44. The minimum absolute atomic E-state index is 0.0394. The molecule has 1 saturated heterocycles. The number of ketones is 1. The van der Waals surface area contributed by atoms with Crippen LogP contribution in [0.4, 0.5) is 0 Å². The fourth-order valence-electron chi connectivity index (χ4n) is 5.49. The van der Waals surface area contributed by atoms with Crippen LogP contribution in [0.15, 0.2) is 53.1 Å². The van der Waals surface area contributed by atoms with E-state index in [1.54, 1.807) is 29.2 Å². The molecule has 1 spiro atoms. The highest BCUT2D eigenvalue weighted by atomic mass is 16.5. The van der Waals surface area contributed by atoms with Gasteiger partial charge < -0.3 is 14.1 Å². The molecule has 0 bridgehead atoms. The molecular weight excluding hydrogens is 472 g/mol. The van der Waals surface area contributed by atoms with Crippen LogP contribution in [0.2, 0.25) is 0 Å². The fourth-order valence-corrected chi connectivity index (χ4v) is 5.49. The summed E-state index contributed by atoms with van der Waals surface area (Å²) < 4.78 is 11.7. The average Bonchev–Trinajstić information content (AvgIpc) is 3.49. The van der Waals surface area contributed by atoms with Crippen LogP contribution in [0.25, 0.3) is 0 Å². The van der Waals surface area contributed by atoms with E-state index in [0.29, 0.717) is 55.0 Å². The average molecular weight is 499 g/mol. The zero-order valence-electron chi connectivity index (χ0n) is 20.7. The normalized spacial score (nSPS) is 18.2. The Kier molecular flexibility index (Phi) is 5.29. The van der Waals surface area contributed by atoms with Crippen molar-refractivity contribution in [2.45, 2.75) is 45.3 Å². The molecule has 0 aliphatic carbocycles. The number of furan rings is 1. The van der Waals surface area contributed by atoms with E-state index in [2.05, 4.69) is 0 Å². The van der Waals surface area contributed by atoms with Crippen LogP contribution in [0, 0.1) is 13.8 Å². The van der Waals surface area contributed by atoms with Gasteiger partial charge in [-0.25, -0.2) is 0 Å². The van der Waals surface area contributed by atoms with Gasteiger partial charge in [0.05, 0.1) is 35.9 Å². The lowest BCUT2D eigenvalue weighted by molar-refractivity contribution is -0.00622. The van der Waals surface area contributed by atoms with Crippen molar-refractivity contribution < 1.29 is 28.3 Å². The summed E-state index contributed by atoms with van der Waals surface area (Å²) >= 11 is 0. The molecule has 8 heteroatoms. The van der Waals surface area contributed by atoms with Gasteiger partial charge in [0.15, 0.2) is 5.78 Å². The van der Waals surface area contributed by atoms with Crippen molar-refractivity contribution in [2.24, 2.45) is 0 Å². The highest BCUT2D eigenvalue weighted by Crippen LogP contribution is 2.42. The fraction of sp³-hybridized carbons (Fsp3) is 0.310. The van der Waals surface area contributed by atoms with Gasteiger partial charge in [-0.2, -0.15) is 0 Å². The monoisotopic (exact) mass is 498 g/mol. The van der Waals surface area contributed by atoms with E-state index in [-0.39, 0.29) is 29.4 Å². The maximum atomic E-state index is 13.4. The Balaban J connectivity index is 1.17. The van der Waals surface area contributed by atoms with Crippen LogP contribution >= 0.6 is 0 Å². The van der Waals surface area contributed by atoms with Gasteiger partial charge in [-0.3, -0.25) is 24.1 Å². The molecule has 8 nitrogen and oxygen atoms in total. The number of amides is 3. The largest absolute Gasteiger partial charge is 0.486 e. The second-order valence-electron chi connectivity index (χ2n) is 10.1. The van der Waals surface area contributed by atoms with Crippen molar-refractivity contribution in [1.82, 2.24) is 9.80 Å². The minimum atomic E-state index is -0.619. The molecule has 0 N–H and O–H groups in total. The Bertz CT molecular complexity index is 1460. The first-order chi connectivity index (χ1) is 17.8. The quantitative estimate of drug-likeness (QED) is 0.499. The van der Waals surface area contributed by atoms with Crippen molar-refractivity contribution in [3.63, 3.8) is 0 Å². The van der Waals surface area contributed by atoms with E-state index in [1.807, 2.05) is 26.0 Å². The van der Waals surface area contributed by atoms with E-state index in [1.165, 1.54) is 12.3 Å². The molecule has 0 saturated carbocycles. The van der Waals surface area contributed by atoms with Gasteiger partial charge in [-0.05, 0) is 61.4 Å². The van der Waals surface area contributed by atoms with Gasteiger partial charge in [0.2, 0.25) is 0 Å². The SMILES string of the molecule is Cc1ccc2c(c1C)OC1(CCN(C(=O)c3ccc4c(c3)C(=O)N(Cc3ccco3)C4=O)CC1)CC2=O. The molecule has 3 aliphatic heterocycles. The van der Waals surface area contributed by atoms with Crippen molar-refractivity contribution in [3.8, 4) is 5.75 Å². The van der Waals surface area contributed by atoms with E-state index in [4.69, 9.17) is 9.15 Å². The molecule has 0 radical (unpaired) electrons. The van der Waals surface area contributed by atoms with Crippen LogP contribution in [0.1, 0.15) is 77.6 Å². The lowest BCUT2D eigenvalue weighted by atomic mass is 9.81. The first kappa shape index (κ1) is 23.2. The van der Waals surface area contributed by atoms with Crippen LogP contribution in [-0.2, 0) is 6.54 Å². The number of benzene rings is 2. The number of carbonyl (C=O) groups is 4. The molecule has 3 amide bonds. The summed E-state index contributed by atoms with van der Waals surface area (Å²) in [7, 11) is 0. The Labute approximate surface area is 213 Å². The molecule has 0 unspecified atom stereocenters. The number of imide groups is 1. The summed E-state index contributed by atoms with van der Waals surface area (Å²) in [5, 5.41) is 0. The smallest absolute Gasteiger partial charge is 0.261 e. The number of ether oxygens (including phenoxy) is 1. The topological polar surface area (TPSA) is 97.1 Å². The third kappa shape index (κ3) is 3.75. The maximum Gasteiger partial charge on any atom is 0.261 e. The number of hydrogen-bond acceptors (Lipinski definition) is 6. The molecule has 2 aromatic carbocycles. The molecule has 37 heavy (non-hydrogen) atoms. The molecule has 1 fully saturated rings. The second-order valence-corrected chi connectivity index (χ2v) is 10.1. The van der Waals surface area contributed by atoms with Crippen molar-refractivity contribution in [3.05, 3.63) is 87.9 Å². The molecule has 0 atom stereocenters. The third-order valence-corrected chi connectivity index (χ3v) is 7.85. The summed E-state index contributed by atoms with van der Waals surface area (Å²) in [6, 6.07) is 11.8. The van der Waals surface area contributed by atoms with Crippen LogP contribution < -0.4 is 4.74 Å². The lowest BCUT2D eigenvalue weighted by Crippen LogP contribution is -2.52. The molecule has 3 aromatic rings. The van der Waals surface area contributed by atoms with E-state index in [0.717, 1.165) is 16.0 Å². The Hall–Kier alpha value is -4.20. The van der Waals surface area contributed by atoms with Crippen molar-refractivity contribution >= 4 is 23.5 Å². The first-order valence-corrected chi connectivity index (χ1v) is 12.4. The standard InChI is InChI=1S/C29H26N2O6/c1-17-5-7-22-24(32)15-29(37-25(22)18(17)2)9-11-30(12-10-29)26(33)19-6-8-21-23(14-19)28(35)31(27(21)34)16-20-4-3-13-36-20/h3-8,13-14H,9-12,15-16H2,1-2H3. The molecule has 1 aromatic heterocycles. The van der Waals surface area contributed by atoms with Crippen LogP contribution in [-0.4, -0.2) is 52.0 Å². The Morgan fingerprint density at radius 3 is 2.41 bits per heavy atom. The molecule has 188 valence electrons. The number of hydrogen-bond donors (Lipinski definition) is 0. The van der Waals surface area contributed by atoms with E-state index in [9.17, 15) is 19.2 Å². The van der Waals surface area contributed by atoms with Gasteiger partial charge in [0.1, 0.15) is 17.1 Å². The van der Waals surface area contributed by atoms with Gasteiger partial charge >= 0.3 is 0 Å². The van der Waals surface area contributed by atoms with Crippen LogP contribution in [0.3, 0.4) is 0 Å². The third-order valence-electron chi connectivity index (χ3n) is 7.85. The number of aryl methyl sites for hydroxylation is 1. The number of nitrogens with zero attached hydrogens (tertiary/aromatic N) is 2. The predicted octanol–water partition coefficient (Wildman–Crippen LogP) is 4.33. The number of carbonyl (C=O) groups excluding carboxylic acids is 4. The summed E-state index contributed by atoms with van der Waals surface area (Å²) in [6.07, 6.45) is 2.86. The minimum Gasteiger partial charge on any atom is -0.486 e. The highest BCUT2D eigenvalue weighted by Gasteiger charge is 2.44. The molecule has 4 heterocycles. The first-order valence-electron chi connectivity index (χ1n) is 12.4. The summed E-state index contributed by atoms with van der Waals surface area (Å²) in [5.41, 5.74) is 2.92. The zero-order chi connectivity index (χ0) is 25.9. The molecule has 6 rings (SSSR count). The molecular formula is C29H26N2O6.